The Bertz CT molecular complexity index is 1250. The van der Waals surface area contributed by atoms with Gasteiger partial charge >= 0.3 is 0 Å². The van der Waals surface area contributed by atoms with Crippen LogP contribution in [0.15, 0.2) is 42.5 Å². The van der Waals surface area contributed by atoms with Crippen LogP contribution in [0.2, 0.25) is 18.1 Å². The molecule has 2 aromatic rings. The van der Waals surface area contributed by atoms with Gasteiger partial charge in [0, 0.05) is 32.4 Å². The molecular weight excluding hydrogens is 492 g/mol. The van der Waals surface area contributed by atoms with Gasteiger partial charge in [-0.25, -0.2) is 0 Å². The van der Waals surface area contributed by atoms with Crippen LogP contribution in [0, 0.1) is 11.3 Å². The number of hydrogen-bond acceptors (Lipinski definition) is 5. The normalized spacial score (nSPS) is 18.6. The molecule has 0 aromatic heterocycles. The van der Waals surface area contributed by atoms with Crippen LogP contribution in [0.25, 0.3) is 0 Å². The third-order valence-corrected chi connectivity index (χ3v) is 12.9. The molecule has 8 heteroatoms. The molecule has 2 heterocycles. The molecule has 2 aromatic carbocycles. The summed E-state index contributed by atoms with van der Waals surface area (Å²) in [4.78, 5) is 29.4. The number of nitrogens with one attached hydrogen (secondary N) is 1. The highest BCUT2D eigenvalue weighted by Crippen LogP contribution is 2.38. The van der Waals surface area contributed by atoms with E-state index in [1.165, 1.54) is 0 Å². The molecule has 1 N–H and O–H groups in total. The lowest BCUT2D eigenvalue weighted by Gasteiger charge is -2.38. The number of carbonyl (C=O) groups excluding carboxylic acids is 2. The van der Waals surface area contributed by atoms with E-state index in [1.807, 2.05) is 48.3 Å². The number of nitrogens with zero attached hydrogens (tertiary/aromatic N) is 3. The van der Waals surface area contributed by atoms with E-state index in [1.54, 1.807) is 6.07 Å². The monoisotopic (exact) mass is 532 g/mol. The molecule has 2 amide bonds. The second-order valence-electron chi connectivity index (χ2n) is 12.2. The fourth-order valence-corrected chi connectivity index (χ4v) is 6.39. The summed E-state index contributed by atoms with van der Waals surface area (Å²) in [5.74, 6) is -0.0191. The zero-order valence-corrected chi connectivity index (χ0v) is 24.5. The standard InChI is InChI=1S/C30H40N4O3Si/c1-30(2,3)38(5,6)37-25-12-13-34(19-25)20-27(24-9-7-8-22(14-24)18-31)33(4)29(36)16-21-10-11-23-17-28(35)32-26(23)15-21/h7-11,14-15,25,27H,12-13,16-17,19-20H2,1-6H3,(H,32,35)/t25?,27-/m1/s1. The van der Waals surface area contributed by atoms with Crippen molar-refractivity contribution in [2.24, 2.45) is 0 Å². The van der Waals surface area contributed by atoms with Crippen LogP contribution in [0.4, 0.5) is 5.69 Å². The number of likely N-dealkylation sites (N-methyl/N-ethyl adjacent to an activating group) is 1. The van der Waals surface area contributed by atoms with E-state index in [9.17, 15) is 14.9 Å². The Kier molecular flexibility index (Phi) is 8.12. The maximum Gasteiger partial charge on any atom is 0.228 e. The maximum absolute atomic E-state index is 13.5. The quantitative estimate of drug-likeness (QED) is 0.489. The van der Waals surface area contributed by atoms with Crippen LogP contribution in [-0.4, -0.2) is 62.7 Å². The van der Waals surface area contributed by atoms with E-state index < -0.39 is 8.32 Å². The first-order chi connectivity index (χ1) is 17.9. The minimum absolute atomic E-state index is 0.00472. The highest BCUT2D eigenvalue weighted by Gasteiger charge is 2.41. The molecule has 202 valence electrons. The first-order valence-corrected chi connectivity index (χ1v) is 16.3. The molecule has 2 aliphatic heterocycles. The number of rotatable bonds is 8. The van der Waals surface area contributed by atoms with Crippen molar-refractivity contribution < 1.29 is 14.0 Å². The van der Waals surface area contributed by atoms with Gasteiger partial charge in [0.1, 0.15) is 0 Å². The summed E-state index contributed by atoms with van der Waals surface area (Å²) in [6.07, 6.45) is 1.81. The summed E-state index contributed by atoms with van der Waals surface area (Å²) in [7, 11) is -0.0160. The molecule has 1 fully saturated rings. The van der Waals surface area contributed by atoms with Gasteiger partial charge in [0.05, 0.1) is 36.6 Å². The molecule has 4 rings (SSSR count). The third-order valence-electron chi connectivity index (χ3n) is 8.34. The Balaban J connectivity index is 1.49. The molecule has 0 spiro atoms. The van der Waals surface area contributed by atoms with E-state index >= 15 is 0 Å². The first-order valence-electron chi connectivity index (χ1n) is 13.4. The summed E-state index contributed by atoms with van der Waals surface area (Å²) in [6, 6.07) is 15.4. The lowest BCUT2D eigenvalue weighted by molar-refractivity contribution is -0.131. The molecule has 7 nitrogen and oxygen atoms in total. The predicted octanol–water partition coefficient (Wildman–Crippen LogP) is 4.89. The number of anilines is 1. The van der Waals surface area contributed by atoms with Gasteiger partial charge in [-0.05, 0) is 59.4 Å². The SMILES string of the molecule is CN(C(=O)Cc1ccc2c(c1)NC(=O)C2)[C@H](CN1CCC(O[Si](C)(C)C(C)(C)C)C1)c1cccc(C#N)c1. The van der Waals surface area contributed by atoms with Crippen LogP contribution in [-0.2, 0) is 26.9 Å². The molecule has 2 aliphatic rings. The van der Waals surface area contributed by atoms with Gasteiger partial charge in [-0.1, -0.05) is 45.0 Å². The molecule has 38 heavy (non-hydrogen) atoms. The number of amides is 2. The molecular formula is C30H40N4O3Si. The van der Waals surface area contributed by atoms with Crippen molar-refractivity contribution in [3.8, 4) is 6.07 Å². The van der Waals surface area contributed by atoms with E-state index in [4.69, 9.17) is 4.43 Å². The molecule has 0 saturated carbocycles. The fraction of sp³-hybridized carbons (Fsp3) is 0.500. The van der Waals surface area contributed by atoms with Gasteiger partial charge < -0.3 is 14.6 Å². The van der Waals surface area contributed by atoms with Gasteiger partial charge in [-0.2, -0.15) is 5.26 Å². The summed E-state index contributed by atoms with van der Waals surface area (Å²) in [5, 5.41) is 12.5. The van der Waals surface area contributed by atoms with Crippen molar-refractivity contribution in [2.45, 2.75) is 70.3 Å². The van der Waals surface area contributed by atoms with Gasteiger partial charge in [0.25, 0.3) is 0 Å². The number of benzene rings is 2. The predicted molar refractivity (Wildman–Crippen MR) is 152 cm³/mol. The van der Waals surface area contributed by atoms with Crippen molar-refractivity contribution in [2.75, 3.05) is 32.0 Å². The molecule has 0 bridgehead atoms. The third kappa shape index (κ3) is 6.34. The highest BCUT2D eigenvalue weighted by atomic mass is 28.4. The number of nitriles is 1. The minimum atomic E-state index is -1.86. The van der Waals surface area contributed by atoms with Crippen LogP contribution >= 0.6 is 0 Å². The summed E-state index contributed by atoms with van der Waals surface area (Å²) >= 11 is 0. The topological polar surface area (TPSA) is 85.7 Å². The summed E-state index contributed by atoms with van der Waals surface area (Å²) < 4.78 is 6.69. The molecule has 0 radical (unpaired) electrons. The maximum atomic E-state index is 13.5. The molecule has 1 unspecified atom stereocenters. The van der Waals surface area contributed by atoms with Crippen molar-refractivity contribution in [3.63, 3.8) is 0 Å². The number of fused-ring (bicyclic) bond motifs is 1. The first kappa shape index (κ1) is 28.0. The Labute approximate surface area is 227 Å². The van der Waals surface area contributed by atoms with Gasteiger partial charge in [0.15, 0.2) is 8.32 Å². The fourth-order valence-electron chi connectivity index (χ4n) is 5.01. The summed E-state index contributed by atoms with van der Waals surface area (Å²) in [5.41, 5.74) is 4.18. The van der Waals surface area contributed by atoms with Crippen LogP contribution in [0.3, 0.4) is 0 Å². The van der Waals surface area contributed by atoms with Crippen LogP contribution in [0.5, 0.6) is 0 Å². The van der Waals surface area contributed by atoms with Crippen LogP contribution < -0.4 is 5.32 Å². The second kappa shape index (κ2) is 11.0. The van der Waals surface area contributed by atoms with Crippen LogP contribution in [0.1, 0.15) is 55.5 Å². The lowest BCUT2D eigenvalue weighted by atomic mass is 10.0. The molecule has 1 saturated heterocycles. The Morgan fingerprint density at radius 1 is 1.26 bits per heavy atom. The average molecular weight is 533 g/mol. The van der Waals surface area contributed by atoms with E-state index in [0.29, 0.717) is 18.5 Å². The summed E-state index contributed by atoms with van der Waals surface area (Å²) in [6.45, 7) is 13.8. The molecule has 2 atom stereocenters. The highest BCUT2D eigenvalue weighted by molar-refractivity contribution is 6.74. The second-order valence-corrected chi connectivity index (χ2v) is 17.0. The van der Waals surface area contributed by atoms with Crippen molar-refractivity contribution in [1.82, 2.24) is 9.80 Å². The number of carbonyl (C=O) groups is 2. The van der Waals surface area contributed by atoms with E-state index in [-0.39, 0.29) is 35.4 Å². The van der Waals surface area contributed by atoms with E-state index in [0.717, 1.165) is 41.9 Å². The molecule has 0 aliphatic carbocycles. The number of hydrogen-bond donors (Lipinski definition) is 1. The zero-order valence-electron chi connectivity index (χ0n) is 23.5. The largest absolute Gasteiger partial charge is 0.413 e. The average Bonchev–Trinajstić information content (AvgIpc) is 3.45. The van der Waals surface area contributed by atoms with Crippen molar-refractivity contribution in [1.29, 1.82) is 5.26 Å². The Morgan fingerprint density at radius 2 is 2.03 bits per heavy atom. The Morgan fingerprint density at radius 3 is 2.74 bits per heavy atom. The van der Waals surface area contributed by atoms with E-state index in [2.05, 4.69) is 50.2 Å². The Hall–Kier alpha value is -2.99. The smallest absolute Gasteiger partial charge is 0.228 e. The number of likely N-dealkylation sites (tertiary alicyclic amines) is 1. The van der Waals surface area contributed by atoms with Gasteiger partial charge in [0.2, 0.25) is 11.8 Å². The zero-order chi connectivity index (χ0) is 27.7. The lowest BCUT2D eigenvalue weighted by Crippen LogP contribution is -2.45. The van der Waals surface area contributed by atoms with Gasteiger partial charge in [-0.3, -0.25) is 14.5 Å². The van der Waals surface area contributed by atoms with Crippen molar-refractivity contribution >= 4 is 25.8 Å². The minimum Gasteiger partial charge on any atom is -0.413 e. The van der Waals surface area contributed by atoms with Gasteiger partial charge in [-0.15, -0.1) is 0 Å². The van der Waals surface area contributed by atoms with Crippen molar-refractivity contribution in [3.05, 3.63) is 64.7 Å².